The number of nitrogens with zero attached hydrogens (tertiary/aromatic N) is 1. The third-order valence-corrected chi connectivity index (χ3v) is 3.50. The van der Waals surface area contributed by atoms with Crippen LogP contribution in [-0.4, -0.2) is 37.6 Å². The zero-order chi connectivity index (χ0) is 12.8. The second-order valence-corrected chi connectivity index (χ2v) is 5.49. The minimum atomic E-state index is 0.128. The number of carbonyl (C=O) groups excluding carboxylic acids is 1. The van der Waals surface area contributed by atoms with Crippen LogP contribution in [0.1, 0.15) is 29.1 Å². The van der Waals surface area contributed by atoms with Crippen LogP contribution < -0.4 is 0 Å². The summed E-state index contributed by atoms with van der Waals surface area (Å²) in [5, 5.41) is 1.96. The Labute approximate surface area is 107 Å². The lowest BCUT2D eigenvalue weighted by Gasteiger charge is -2.24. The van der Waals surface area contributed by atoms with E-state index >= 15 is 0 Å². The number of aryl methyl sites for hydroxylation is 1. The van der Waals surface area contributed by atoms with Crippen molar-refractivity contribution >= 4 is 17.2 Å². The summed E-state index contributed by atoms with van der Waals surface area (Å²) < 4.78 is 5.06. The van der Waals surface area contributed by atoms with E-state index in [9.17, 15) is 4.79 Å². The Morgan fingerprint density at radius 3 is 2.71 bits per heavy atom. The van der Waals surface area contributed by atoms with Gasteiger partial charge in [0, 0.05) is 20.2 Å². The highest BCUT2D eigenvalue weighted by atomic mass is 32.1. The Hall–Kier alpha value is -0.870. The van der Waals surface area contributed by atoms with Crippen molar-refractivity contribution in [3.05, 3.63) is 21.9 Å². The van der Waals surface area contributed by atoms with Crippen LogP contribution in [0.15, 0.2) is 11.4 Å². The molecule has 0 saturated heterocycles. The van der Waals surface area contributed by atoms with Crippen LogP contribution in [0.4, 0.5) is 0 Å². The molecule has 1 aromatic rings. The van der Waals surface area contributed by atoms with E-state index in [1.807, 2.05) is 23.3 Å². The molecule has 0 atom stereocenters. The quantitative estimate of drug-likeness (QED) is 0.782. The first kappa shape index (κ1) is 14.2. The Morgan fingerprint density at radius 1 is 1.53 bits per heavy atom. The third-order valence-electron chi connectivity index (χ3n) is 2.49. The molecule has 0 aliphatic carbocycles. The highest BCUT2D eigenvalue weighted by Crippen LogP contribution is 2.18. The first-order valence-corrected chi connectivity index (χ1v) is 6.76. The molecule has 0 radical (unpaired) electrons. The zero-order valence-corrected chi connectivity index (χ0v) is 11.8. The molecular weight excluding hydrogens is 234 g/mol. The van der Waals surface area contributed by atoms with Crippen molar-refractivity contribution in [2.45, 2.75) is 20.8 Å². The van der Waals surface area contributed by atoms with Crippen LogP contribution in [0.5, 0.6) is 0 Å². The molecule has 17 heavy (non-hydrogen) atoms. The van der Waals surface area contributed by atoms with Gasteiger partial charge in [-0.15, -0.1) is 11.3 Å². The minimum Gasteiger partial charge on any atom is -0.383 e. The highest BCUT2D eigenvalue weighted by molar-refractivity contribution is 7.12. The van der Waals surface area contributed by atoms with Crippen molar-refractivity contribution in [2.24, 2.45) is 5.92 Å². The van der Waals surface area contributed by atoms with Crippen molar-refractivity contribution in [2.75, 3.05) is 26.8 Å². The average Bonchev–Trinajstić information content (AvgIpc) is 2.69. The molecule has 0 unspecified atom stereocenters. The standard InChI is InChI=1S/C13H21NO2S/c1-10(2)9-14(6-7-16-4)13(15)12-11(3)5-8-17-12/h5,8,10H,6-7,9H2,1-4H3. The van der Waals surface area contributed by atoms with E-state index < -0.39 is 0 Å². The van der Waals surface area contributed by atoms with Gasteiger partial charge in [-0.3, -0.25) is 4.79 Å². The van der Waals surface area contributed by atoms with Crippen LogP contribution in [0.3, 0.4) is 0 Å². The molecule has 0 aromatic carbocycles. The van der Waals surface area contributed by atoms with Crippen molar-refractivity contribution in [3.63, 3.8) is 0 Å². The fraction of sp³-hybridized carbons (Fsp3) is 0.615. The van der Waals surface area contributed by atoms with Crippen LogP contribution in [0.2, 0.25) is 0 Å². The fourth-order valence-electron chi connectivity index (χ4n) is 1.65. The molecule has 1 aromatic heterocycles. The second kappa shape index (κ2) is 6.77. The number of methoxy groups -OCH3 is 1. The van der Waals surface area contributed by atoms with Gasteiger partial charge in [0.15, 0.2) is 0 Å². The van der Waals surface area contributed by atoms with Gasteiger partial charge in [0.1, 0.15) is 0 Å². The molecule has 1 heterocycles. The summed E-state index contributed by atoms with van der Waals surface area (Å²) in [6.45, 7) is 8.24. The molecule has 0 spiro atoms. The van der Waals surface area contributed by atoms with Crippen molar-refractivity contribution in [1.82, 2.24) is 4.90 Å². The number of amides is 1. The van der Waals surface area contributed by atoms with E-state index in [4.69, 9.17) is 4.74 Å². The van der Waals surface area contributed by atoms with E-state index in [-0.39, 0.29) is 5.91 Å². The second-order valence-electron chi connectivity index (χ2n) is 4.57. The molecule has 0 N–H and O–H groups in total. The first-order valence-electron chi connectivity index (χ1n) is 5.88. The molecule has 0 fully saturated rings. The lowest BCUT2D eigenvalue weighted by atomic mass is 10.2. The predicted octanol–water partition coefficient (Wildman–Crippen LogP) is 2.80. The van der Waals surface area contributed by atoms with Crippen LogP contribution in [0, 0.1) is 12.8 Å². The van der Waals surface area contributed by atoms with Crippen LogP contribution >= 0.6 is 11.3 Å². The molecule has 96 valence electrons. The maximum absolute atomic E-state index is 12.3. The topological polar surface area (TPSA) is 29.5 Å². The number of thiophene rings is 1. The molecule has 0 aliphatic rings. The lowest BCUT2D eigenvalue weighted by molar-refractivity contribution is 0.0676. The summed E-state index contributed by atoms with van der Waals surface area (Å²) in [7, 11) is 1.66. The maximum atomic E-state index is 12.3. The van der Waals surface area contributed by atoms with Gasteiger partial charge in [-0.25, -0.2) is 0 Å². The van der Waals surface area contributed by atoms with E-state index in [2.05, 4.69) is 13.8 Å². The van der Waals surface area contributed by atoms with Crippen LogP contribution in [0.25, 0.3) is 0 Å². The summed E-state index contributed by atoms with van der Waals surface area (Å²) in [6, 6.07) is 1.99. The smallest absolute Gasteiger partial charge is 0.264 e. The van der Waals surface area contributed by atoms with Crippen LogP contribution in [-0.2, 0) is 4.74 Å². The van der Waals surface area contributed by atoms with E-state index in [0.29, 0.717) is 19.1 Å². The van der Waals surface area contributed by atoms with Gasteiger partial charge in [0.2, 0.25) is 0 Å². The number of hydrogen-bond donors (Lipinski definition) is 0. The molecular formula is C13H21NO2S. The van der Waals surface area contributed by atoms with E-state index in [1.165, 1.54) is 11.3 Å². The molecule has 3 nitrogen and oxygen atoms in total. The molecule has 0 saturated carbocycles. The molecule has 0 bridgehead atoms. The summed E-state index contributed by atoms with van der Waals surface area (Å²) >= 11 is 1.51. The summed E-state index contributed by atoms with van der Waals surface area (Å²) in [4.78, 5) is 15.1. The predicted molar refractivity (Wildman–Crippen MR) is 71.7 cm³/mol. The van der Waals surface area contributed by atoms with Crippen molar-refractivity contribution in [1.29, 1.82) is 0 Å². The van der Waals surface area contributed by atoms with E-state index in [0.717, 1.165) is 17.0 Å². The third kappa shape index (κ3) is 4.13. The molecule has 1 amide bonds. The number of rotatable bonds is 6. The first-order chi connectivity index (χ1) is 8.06. The monoisotopic (exact) mass is 255 g/mol. The molecule has 0 aliphatic heterocycles. The van der Waals surface area contributed by atoms with Gasteiger partial charge >= 0.3 is 0 Å². The Kier molecular flexibility index (Phi) is 5.65. The van der Waals surface area contributed by atoms with Crippen molar-refractivity contribution in [3.8, 4) is 0 Å². The Morgan fingerprint density at radius 2 is 2.24 bits per heavy atom. The zero-order valence-electron chi connectivity index (χ0n) is 11.0. The fourth-order valence-corrected chi connectivity index (χ4v) is 2.55. The Bertz CT molecular complexity index is 360. The summed E-state index contributed by atoms with van der Waals surface area (Å²) in [5.74, 6) is 0.597. The largest absolute Gasteiger partial charge is 0.383 e. The van der Waals surface area contributed by atoms with Gasteiger partial charge in [0.05, 0.1) is 11.5 Å². The van der Waals surface area contributed by atoms with E-state index in [1.54, 1.807) is 7.11 Å². The number of carbonyl (C=O) groups is 1. The number of hydrogen-bond acceptors (Lipinski definition) is 3. The highest BCUT2D eigenvalue weighted by Gasteiger charge is 2.19. The van der Waals surface area contributed by atoms with Gasteiger partial charge in [-0.1, -0.05) is 13.8 Å². The maximum Gasteiger partial charge on any atom is 0.264 e. The van der Waals surface area contributed by atoms with Gasteiger partial charge < -0.3 is 9.64 Å². The molecule has 4 heteroatoms. The molecule has 1 rings (SSSR count). The minimum absolute atomic E-state index is 0.128. The number of ether oxygens (including phenoxy) is 1. The van der Waals surface area contributed by atoms with Gasteiger partial charge in [-0.05, 0) is 29.9 Å². The SMILES string of the molecule is COCCN(CC(C)C)C(=O)c1sccc1C. The Balaban J connectivity index is 2.75. The lowest BCUT2D eigenvalue weighted by Crippen LogP contribution is -2.36. The normalized spacial score (nSPS) is 10.9. The van der Waals surface area contributed by atoms with Gasteiger partial charge in [0.25, 0.3) is 5.91 Å². The summed E-state index contributed by atoms with van der Waals surface area (Å²) in [6.07, 6.45) is 0. The average molecular weight is 255 g/mol. The van der Waals surface area contributed by atoms with Gasteiger partial charge in [-0.2, -0.15) is 0 Å². The summed E-state index contributed by atoms with van der Waals surface area (Å²) in [5.41, 5.74) is 1.06. The van der Waals surface area contributed by atoms with Crippen molar-refractivity contribution < 1.29 is 9.53 Å².